The molecule has 1 N–H and O–H groups in total. The van der Waals surface area contributed by atoms with Crippen LogP contribution in [0.25, 0.3) is 0 Å². The molecule has 1 saturated heterocycles. The fourth-order valence-electron chi connectivity index (χ4n) is 3.56. The summed E-state index contributed by atoms with van der Waals surface area (Å²) in [6.07, 6.45) is 1.07. The Morgan fingerprint density at radius 3 is 2.64 bits per heavy atom. The van der Waals surface area contributed by atoms with E-state index in [1.54, 1.807) is 7.11 Å². The monoisotopic (exact) mass is 347 g/mol. The molecule has 25 heavy (non-hydrogen) atoms. The molecule has 0 aromatic heterocycles. The summed E-state index contributed by atoms with van der Waals surface area (Å²) in [4.78, 5) is 17.0. The lowest BCUT2D eigenvalue weighted by Crippen LogP contribution is -2.44. The molecule has 1 aromatic rings. The first kappa shape index (κ1) is 19.6. The number of hydrogen-bond donors (Lipinski definition) is 1. The molecule has 2 rings (SSSR count). The molecular weight excluding hydrogens is 314 g/mol. The van der Waals surface area contributed by atoms with Gasteiger partial charge in [-0.15, -0.1) is 0 Å². The van der Waals surface area contributed by atoms with Crippen LogP contribution in [-0.2, 0) is 0 Å². The van der Waals surface area contributed by atoms with Crippen molar-refractivity contribution in [2.45, 2.75) is 33.2 Å². The molecule has 2 amide bonds. The Morgan fingerprint density at radius 1 is 1.36 bits per heavy atom. The fraction of sp³-hybridized carbons (Fsp3) is 0.650. The predicted octanol–water partition coefficient (Wildman–Crippen LogP) is 3.38. The van der Waals surface area contributed by atoms with E-state index in [2.05, 4.69) is 45.1 Å². The van der Waals surface area contributed by atoms with Crippen LogP contribution in [0.5, 0.6) is 5.75 Å². The number of likely N-dealkylation sites (tertiary alicyclic amines) is 1. The highest BCUT2D eigenvalue weighted by molar-refractivity contribution is 5.75. The Balaban J connectivity index is 2.12. The fourth-order valence-corrected chi connectivity index (χ4v) is 3.56. The average molecular weight is 348 g/mol. The Bertz CT molecular complexity index is 581. The number of nitrogens with zero attached hydrogens (tertiary/aromatic N) is 2. The third kappa shape index (κ3) is 5.11. The maximum absolute atomic E-state index is 12.9. The Morgan fingerprint density at radius 2 is 2.04 bits per heavy atom. The van der Waals surface area contributed by atoms with Crippen molar-refractivity contribution in [2.75, 3.05) is 40.8 Å². The van der Waals surface area contributed by atoms with Crippen LogP contribution in [-0.4, -0.2) is 56.7 Å². The highest BCUT2D eigenvalue weighted by Crippen LogP contribution is 2.37. The molecule has 0 aliphatic carbocycles. The standard InChI is InChI=1S/C20H33N3O2/c1-20(2,3)18(16-9-7-8-10-17(16)25-6)21-19(24)23-12-11-15(14-23)13-22(4)5/h7-10,15,18H,11-14H2,1-6H3,(H,21,24)/t15-,18+/m1/s1. The highest BCUT2D eigenvalue weighted by Gasteiger charge is 2.33. The number of nitrogens with one attached hydrogen (secondary N) is 1. The summed E-state index contributed by atoms with van der Waals surface area (Å²) < 4.78 is 5.52. The first-order valence-electron chi connectivity index (χ1n) is 9.05. The van der Waals surface area contributed by atoms with Gasteiger partial charge in [-0.2, -0.15) is 0 Å². The van der Waals surface area contributed by atoms with Crippen LogP contribution in [0.3, 0.4) is 0 Å². The summed E-state index contributed by atoms with van der Waals surface area (Å²) in [5.41, 5.74) is 0.905. The van der Waals surface area contributed by atoms with Crippen LogP contribution in [0.1, 0.15) is 38.8 Å². The van der Waals surface area contributed by atoms with Crippen molar-refractivity contribution < 1.29 is 9.53 Å². The van der Waals surface area contributed by atoms with Crippen LogP contribution in [0.2, 0.25) is 0 Å². The zero-order chi connectivity index (χ0) is 18.6. The minimum absolute atomic E-state index is 0.0205. The molecule has 0 radical (unpaired) electrons. The Hall–Kier alpha value is -1.75. The third-order valence-corrected chi connectivity index (χ3v) is 4.78. The van der Waals surface area contributed by atoms with Crippen molar-refractivity contribution in [1.82, 2.24) is 15.1 Å². The molecule has 5 nitrogen and oxygen atoms in total. The second kappa shape index (κ2) is 8.09. The highest BCUT2D eigenvalue weighted by atomic mass is 16.5. The second-order valence-corrected chi connectivity index (χ2v) is 8.35. The average Bonchev–Trinajstić information content (AvgIpc) is 2.99. The maximum atomic E-state index is 12.9. The van der Waals surface area contributed by atoms with Crippen LogP contribution >= 0.6 is 0 Å². The van der Waals surface area contributed by atoms with Gasteiger partial charge in [-0.1, -0.05) is 39.0 Å². The van der Waals surface area contributed by atoms with Crippen LogP contribution in [0.15, 0.2) is 24.3 Å². The number of methoxy groups -OCH3 is 1. The van der Waals surface area contributed by atoms with Gasteiger partial charge in [0.05, 0.1) is 13.2 Å². The summed E-state index contributed by atoms with van der Waals surface area (Å²) in [6, 6.07) is 7.84. The molecular formula is C20H33N3O2. The molecule has 5 heteroatoms. The molecule has 0 saturated carbocycles. The summed E-state index contributed by atoms with van der Waals surface area (Å²) in [7, 11) is 5.84. The van der Waals surface area contributed by atoms with Gasteiger partial charge in [-0.3, -0.25) is 0 Å². The van der Waals surface area contributed by atoms with E-state index in [-0.39, 0.29) is 17.5 Å². The first-order valence-corrected chi connectivity index (χ1v) is 9.05. The smallest absolute Gasteiger partial charge is 0.317 e. The Labute approximate surface area is 152 Å². The van der Waals surface area contributed by atoms with Crippen molar-refractivity contribution in [3.05, 3.63) is 29.8 Å². The largest absolute Gasteiger partial charge is 0.496 e. The number of carbonyl (C=O) groups is 1. The molecule has 1 aromatic carbocycles. The number of rotatable bonds is 5. The Kier molecular flexibility index (Phi) is 6.33. The van der Waals surface area contributed by atoms with Gasteiger partial charge in [-0.05, 0) is 37.9 Å². The number of urea groups is 1. The molecule has 0 unspecified atom stereocenters. The third-order valence-electron chi connectivity index (χ3n) is 4.78. The summed E-state index contributed by atoms with van der Waals surface area (Å²) in [5, 5.41) is 3.26. The van der Waals surface area contributed by atoms with Gasteiger partial charge in [0, 0.05) is 25.2 Å². The molecule has 1 aliphatic heterocycles. The number of ether oxygens (including phenoxy) is 1. The van der Waals surface area contributed by atoms with Gasteiger partial charge in [0.1, 0.15) is 5.75 Å². The summed E-state index contributed by atoms with van der Waals surface area (Å²) in [6.45, 7) is 9.11. The first-order chi connectivity index (χ1) is 11.7. The number of hydrogen-bond acceptors (Lipinski definition) is 3. The number of carbonyl (C=O) groups excluding carboxylic acids is 1. The molecule has 140 valence electrons. The van der Waals surface area contributed by atoms with E-state index in [4.69, 9.17) is 4.74 Å². The number of benzene rings is 1. The van der Waals surface area contributed by atoms with Crippen molar-refractivity contribution in [3.8, 4) is 5.75 Å². The van der Waals surface area contributed by atoms with E-state index in [1.807, 2.05) is 29.2 Å². The lowest BCUT2D eigenvalue weighted by molar-refractivity contribution is 0.185. The SMILES string of the molecule is COc1ccccc1[C@H](NC(=O)N1CC[C@H](CN(C)C)C1)C(C)(C)C. The van der Waals surface area contributed by atoms with E-state index < -0.39 is 0 Å². The van der Waals surface area contributed by atoms with Crippen LogP contribution < -0.4 is 10.1 Å². The van der Waals surface area contributed by atoms with Gasteiger partial charge in [0.25, 0.3) is 0 Å². The van der Waals surface area contributed by atoms with E-state index in [0.717, 1.165) is 37.4 Å². The minimum Gasteiger partial charge on any atom is -0.496 e. The molecule has 0 bridgehead atoms. The topological polar surface area (TPSA) is 44.8 Å². The van der Waals surface area contributed by atoms with Crippen LogP contribution in [0, 0.1) is 11.3 Å². The minimum atomic E-state index is -0.118. The number of para-hydroxylation sites is 1. The molecule has 1 aliphatic rings. The van der Waals surface area contributed by atoms with Gasteiger partial charge in [0.15, 0.2) is 0 Å². The van der Waals surface area contributed by atoms with Crippen molar-refractivity contribution in [1.29, 1.82) is 0 Å². The van der Waals surface area contributed by atoms with E-state index >= 15 is 0 Å². The maximum Gasteiger partial charge on any atom is 0.317 e. The van der Waals surface area contributed by atoms with Crippen LogP contribution in [0.4, 0.5) is 4.79 Å². The quantitative estimate of drug-likeness (QED) is 0.888. The lowest BCUT2D eigenvalue weighted by Gasteiger charge is -2.34. The van der Waals surface area contributed by atoms with E-state index in [9.17, 15) is 4.79 Å². The number of amides is 2. The van der Waals surface area contributed by atoms with Crippen molar-refractivity contribution >= 4 is 6.03 Å². The lowest BCUT2D eigenvalue weighted by atomic mass is 9.82. The predicted molar refractivity (Wildman–Crippen MR) is 102 cm³/mol. The van der Waals surface area contributed by atoms with Gasteiger partial charge >= 0.3 is 6.03 Å². The van der Waals surface area contributed by atoms with Gasteiger partial charge < -0.3 is 19.9 Å². The molecule has 0 spiro atoms. The summed E-state index contributed by atoms with van der Waals surface area (Å²) in [5.74, 6) is 1.37. The van der Waals surface area contributed by atoms with Crippen molar-refractivity contribution in [2.24, 2.45) is 11.3 Å². The molecule has 1 fully saturated rings. The van der Waals surface area contributed by atoms with Gasteiger partial charge in [-0.25, -0.2) is 4.79 Å². The molecule has 1 heterocycles. The molecule has 2 atom stereocenters. The second-order valence-electron chi connectivity index (χ2n) is 8.35. The zero-order valence-corrected chi connectivity index (χ0v) is 16.5. The zero-order valence-electron chi connectivity index (χ0n) is 16.5. The summed E-state index contributed by atoms with van der Waals surface area (Å²) >= 11 is 0. The van der Waals surface area contributed by atoms with Gasteiger partial charge in [0.2, 0.25) is 0 Å². The van der Waals surface area contributed by atoms with E-state index in [0.29, 0.717) is 5.92 Å². The van der Waals surface area contributed by atoms with Crippen molar-refractivity contribution in [3.63, 3.8) is 0 Å². The van der Waals surface area contributed by atoms with E-state index in [1.165, 1.54) is 0 Å². The normalized spacial score (nSPS) is 19.2.